The molecule has 1 aromatic carbocycles. The van der Waals surface area contributed by atoms with Gasteiger partial charge < -0.3 is 19.8 Å². The quantitative estimate of drug-likeness (QED) is 0.808. The number of nitrogens with zero attached hydrogens (tertiary/aromatic N) is 3. The molecule has 0 saturated carbocycles. The van der Waals surface area contributed by atoms with Crippen LogP contribution in [0.15, 0.2) is 18.2 Å². The molecule has 2 heterocycles. The second kappa shape index (κ2) is 9.37. The number of hydrogen-bond acceptors (Lipinski definition) is 4. The van der Waals surface area contributed by atoms with E-state index in [0.717, 1.165) is 52.0 Å². The van der Waals surface area contributed by atoms with Crippen LogP contribution in [0.25, 0.3) is 0 Å². The second-order valence-corrected chi connectivity index (χ2v) is 7.67. The highest BCUT2D eigenvalue weighted by Gasteiger charge is 2.28. The molecule has 7 heteroatoms. The zero-order chi connectivity index (χ0) is 20.1. The second-order valence-electron chi connectivity index (χ2n) is 7.67. The Kier molecular flexibility index (Phi) is 6.88. The normalized spacial score (nSPS) is 21.0. The van der Waals surface area contributed by atoms with Gasteiger partial charge in [0.2, 0.25) is 0 Å². The molecule has 1 unspecified atom stereocenters. The molecule has 1 aromatic rings. The summed E-state index contributed by atoms with van der Waals surface area (Å²) in [6, 6.07) is 4.67. The summed E-state index contributed by atoms with van der Waals surface area (Å²) >= 11 is 0. The number of carboxylic acid groups (broad SMARTS) is 1. The minimum atomic E-state index is -0.850. The van der Waals surface area contributed by atoms with Gasteiger partial charge in [-0.05, 0) is 50.4 Å². The van der Waals surface area contributed by atoms with E-state index in [4.69, 9.17) is 5.11 Å². The minimum Gasteiger partial charge on any atom is -0.481 e. The first kappa shape index (κ1) is 20.6. The maximum atomic E-state index is 14.8. The number of aliphatic carboxylic acids is 1. The third-order valence-electron chi connectivity index (χ3n) is 5.93. The van der Waals surface area contributed by atoms with Crippen LogP contribution in [-0.2, 0) is 4.79 Å². The highest BCUT2D eigenvalue weighted by molar-refractivity contribution is 5.95. The Bertz CT molecular complexity index is 704. The average Bonchev–Trinajstić information content (AvgIpc) is 2.72. The monoisotopic (exact) mass is 391 g/mol. The van der Waals surface area contributed by atoms with Gasteiger partial charge in [0.25, 0.3) is 5.91 Å². The van der Waals surface area contributed by atoms with E-state index in [2.05, 4.69) is 11.8 Å². The van der Waals surface area contributed by atoms with Crippen molar-refractivity contribution in [3.8, 4) is 0 Å². The molecule has 3 rings (SSSR count). The molecule has 1 atom stereocenters. The van der Waals surface area contributed by atoms with E-state index in [1.807, 2.05) is 4.90 Å². The van der Waals surface area contributed by atoms with Gasteiger partial charge in [0, 0.05) is 50.7 Å². The predicted molar refractivity (Wildman–Crippen MR) is 106 cm³/mol. The molecule has 2 aliphatic heterocycles. The Hall–Kier alpha value is -2.15. The summed E-state index contributed by atoms with van der Waals surface area (Å²) in [5.74, 6) is -1.41. The number of rotatable bonds is 6. The summed E-state index contributed by atoms with van der Waals surface area (Å²) < 4.78 is 14.8. The van der Waals surface area contributed by atoms with E-state index >= 15 is 0 Å². The first-order valence-electron chi connectivity index (χ1n) is 10.3. The number of amides is 1. The topological polar surface area (TPSA) is 64.1 Å². The van der Waals surface area contributed by atoms with E-state index in [0.29, 0.717) is 24.2 Å². The number of anilines is 1. The van der Waals surface area contributed by atoms with Gasteiger partial charge in [0.15, 0.2) is 0 Å². The Morgan fingerprint density at radius 1 is 1.14 bits per heavy atom. The van der Waals surface area contributed by atoms with Gasteiger partial charge >= 0.3 is 5.97 Å². The van der Waals surface area contributed by atoms with Gasteiger partial charge in [-0.15, -0.1) is 0 Å². The van der Waals surface area contributed by atoms with Crippen molar-refractivity contribution in [2.45, 2.75) is 45.1 Å². The Labute approximate surface area is 165 Å². The van der Waals surface area contributed by atoms with Gasteiger partial charge in [0.1, 0.15) is 5.82 Å². The zero-order valence-corrected chi connectivity index (χ0v) is 16.6. The Morgan fingerprint density at radius 3 is 2.54 bits per heavy atom. The van der Waals surface area contributed by atoms with E-state index in [9.17, 15) is 14.0 Å². The van der Waals surface area contributed by atoms with Gasteiger partial charge in [-0.3, -0.25) is 9.59 Å². The number of hydrogen-bond donors (Lipinski definition) is 1. The fourth-order valence-corrected chi connectivity index (χ4v) is 4.23. The average molecular weight is 391 g/mol. The number of carboxylic acids is 1. The van der Waals surface area contributed by atoms with Crippen LogP contribution < -0.4 is 4.90 Å². The molecular weight excluding hydrogens is 361 g/mol. The first-order chi connectivity index (χ1) is 13.5. The summed E-state index contributed by atoms with van der Waals surface area (Å²) in [7, 11) is 0. The molecule has 154 valence electrons. The van der Waals surface area contributed by atoms with Crippen LogP contribution in [0.2, 0.25) is 0 Å². The molecule has 0 spiro atoms. The minimum absolute atomic E-state index is 0.0471. The van der Waals surface area contributed by atoms with Crippen LogP contribution in [0.3, 0.4) is 0 Å². The van der Waals surface area contributed by atoms with Crippen molar-refractivity contribution < 1.29 is 19.1 Å². The van der Waals surface area contributed by atoms with E-state index in [-0.39, 0.29) is 24.2 Å². The van der Waals surface area contributed by atoms with Crippen LogP contribution in [0, 0.1) is 5.82 Å². The maximum absolute atomic E-state index is 14.8. The fraction of sp³-hybridized carbons (Fsp3) is 0.619. The fourth-order valence-electron chi connectivity index (χ4n) is 4.23. The molecule has 2 fully saturated rings. The van der Waals surface area contributed by atoms with E-state index in [1.54, 1.807) is 17.0 Å². The van der Waals surface area contributed by atoms with Crippen LogP contribution in [-0.4, -0.2) is 72.1 Å². The van der Waals surface area contributed by atoms with Crippen LogP contribution in [0.4, 0.5) is 10.1 Å². The van der Waals surface area contributed by atoms with Gasteiger partial charge in [-0.2, -0.15) is 0 Å². The van der Waals surface area contributed by atoms with E-state index in [1.165, 1.54) is 6.07 Å². The molecule has 1 N–H and O–H groups in total. The molecule has 0 aromatic heterocycles. The van der Waals surface area contributed by atoms with Crippen molar-refractivity contribution in [2.24, 2.45) is 0 Å². The number of likely N-dealkylation sites (N-methyl/N-ethyl adjacent to an activating group) is 1. The Morgan fingerprint density at radius 2 is 1.89 bits per heavy atom. The lowest BCUT2D eigenvalue weighted by Crippen LogP contribution is -2.46. The molecule has 0 radical (unpaired) electrons. The smallest absolute Gasteiger partial charge is 0.303 e. The van der Waals surface area contributed by atoms with Gasteiger partial charge in [-0.25, -0.2) is 4.39 Å². The molecular formula is C21H30FN3O3. The maximum Gasteiger partial charge on any atom is 0.303 e. The predicted octanol–water partition coefficient (Wildman–Crippen LogP) is 2.83. The summed E-state index contributed by atoms with van der Waals surface area (Å²) in [5.41, 5.74) is 0.893. The van der Waals surface area contributed by atoms with Crippen molar-refractivity contribution in [3.63, 3.8) is 0 Å². The number of carbonyl (C=O) groups is 2. The third-order valence-corrected chi connectivity index (χ3v) is 5.93. The van der Waals surface area contributed by atoms with Crippen molar-refractivity contribution in [2.75, 3.05) is 44.2 Å². The van der Waals surface area contributed by atoms with Crippen molar-refractivity contribution in [3.05, 3.63) is 29.6 Å². The van der Waals surface area contributed by atoms with E-state index < -0.39 is 5.97 Å². The highest BCUT2D eigenvalue weighted by atomic mass is 19.1. The summed E-state index contributed by atoms with van der Waals surface area (Å²) in [4.78, 5) is 30.0. The van der Waals surface area contributed by atoms with Crippen LogP contribution in [0.1, 0.15) is 49.4 Å². The van der Waals surface area contributed by atoms with Crippen molar-refractivity contribution >= 4 is 17.6 Å². The number of likely N-dealkylation sites (tertiary alicyclic amines) is 1. The number of carbonyl (C=O) groups excluding carboxylic acids is 1. The number of piperazine rings is 1. The summed E-state index contributed by atoms with van der Waals surface area (Å²) in [6.45, 7) is 7.11. The molecule has 28 heavy (non-hydrogen) atoms. The SMILES string of the molecule is CCN1CCN(c2ccc(C(=O)N3CCCCC3CCC(=O)O)cc2F)CC1. The Balaban J connectivity index is 1.69. The largest absolute Gasteiger partial charge is 0.481 e. The van der Waals surface area contributed by atoms with Gasteiger partial charge in [-0.1, -0.05) is 6.92 Å². The third kappa shape index (κ3) is 4.82. The molecule has 2 aliphatic rings. The number of piperidine rings is 1. The summed E-state index contributed by atoms with van der Waals surface area (Å²) in [6.07, 6.45) is 3.19. The lowest BCUT2D eigenvalue weighted by molar-refractivity contribution is -0.137. The number of benzene rings is 1. The molecule has 0 bridgehead atoms. The van der Waals surface area contributed by atoms with Crippen LogP contribution in [0.5, 0.6) is 0 Å². The van der Waals surface area contributed by atoms with Crippen molar-refractivity contribution in [1.29, 1.82) is 0 Å². The lowest BCUT2D eigenvalue weighted by Gasteiger charge is -2.36. The molecule has 1 amide bonds. The van der Waals surface area contributed by atoms with Gasteiger partial charge in [0.05, 0.1) is 5.69 Å². The van der Waals surface area contributed by atoms with Crippen molar-refractivity contribution in [1.82, 2.24) is 9.80 Å². The number of halogens is 1. The molecule has 6 nitrogen and oxygen atoms in total. The molecule has 0 aliphatic carbocycles. The first-order valence-corrected chi connectivity index (χ1v) is 10.3. The summed E-state index contributed by atoms with van der Waals surface area (Å²) in [5, 5.41) is 8.95. The lowest BCUT2D eigenvalue weighted by atomic mass is 9.97. The standard InChI is InChI=1S/C21H30FN3O3/c1-2-23-11-13-24(14-12-23)19-8-6-16(15-18(19)22)21(28)25-10-4-3-5-17(25)7-9-20(26)27/h6,8,15,17H,2-5,7,9-14H2,1H3,(H,26,27). The molecule has 2 saturated heterocycles. The highest BCUT2D eigenvalue weighted by Crippen LogP contribution is 2.26. The zero-order valence-electron chi connectivity index (χ0n) is 16.6. The van der Waals surface area contributed by atoms with Crippen LogP contribution >= 0.6 is 0 Å².